The van der Waals surface area contributed by atoms with E-state index in [0.29, 0.717) is 11.8 Å². The Morgan fingerprint density at radius 3 is 2.07 bits per heavy atom. The van der Waals surface area contributed by atoms with Crippen LogP contribution in [-0.4, -0.2) is 22.4 Å². The second kappa shape index (κ2) is 6.59. The number of phenols is 1. The van der Waals surface area contributed by atoms with E-state index in [1.54, 1.807) is 24.3 Å². The zero-order valence-corrected chi connectivity index (χ0v) is 16.3. The van der Waals surface area contributed by atoms with Crippen LogP contribution in [0.25, 0.3) is 0 Å². The summed E-state index contributed by atoms with van der Waals surface area (Å²) in [6.07, 6.45) is 1.84. The molecule has 3 aromatic carbocycles. The van der Waals surface area contributed by atoms with Gasteiger partial charge in [0.25, 0.3) is 0 Å². The van der Waals surface area contributed by atoms with Gasteiger partial charge < -0.3 is 5.11 Å². The summed E-state index contributed by atoms with van der Waals surface area (Å²) in [6.45, 7) is 0.692. The van der Waals surface area contributed by atoms with Crippen molar-refractivity contribution < 1.29 is 14.2 Å². The summed E-state index contributed by atoms with van der Waals surface area (Å²) in [5.74, 6) is 0.0217. The maximum absolute atomic E-state index is 14.4. The molecule has 0 amide bonds. The number of fused-ring (bicyclic) bond motifs is 1. The van der Waals surface area contributed by atoms with Gasteiger partial charge in [-0.3, -0.25) is 9.09 Å². The van der Waals surface area contributed by atoms with Crippen LogP contribution in [0.15, 0.2) is 84.9 Å². The van der Waals surface area contributed by atoms with Crippen molar-refractivity contribution in [3.8, 4) is 5.75 Å². The first-order chi connectivity index (χ1) is 13.7. The fourth-order valence-electron chi connectivity index (χ4n) is 4.71. The summed E-state index contributed by atoms with van der Waals surface area (Å²) in [5, 5.41) is 10.9. The molecule has 1 N–H and O–H groups in total. The molecule has 0 radical (unpaired) electrons. The third-order valence-corrected chi connectivity index (χ3v) is 8.57. The maximum Gasteiger partial charge on any atom is 0.307 e. The molecule has 142 valence electrons. The van der Waals surface area contributed by atoms with Crippen LogP contribution in [0.2, 0.25) is 0 Å². The number of phenolic OH excluding ortho intramolecular Hbond substituents is 1. The van der Waals surface area contributed by atoms with Crippen molar-refractivity contribution in [1.82, 2.24) is 4.67 Å². The molecular formula is C23H22NO3P. The van der Waals surface area contributed by atoms with Crippen LogP contribution in [0.1, 0.15) is 24.0 Å². The molecular weight excluding hydrogens is 369 g/mol. The summed E-state index contributed by atoms with van der Waals surface area (Å²) < 4.78 is 23.0. The fourth-order valence-corrected chi connectivity index (χ4v) is 7.60. The molecule has 3 aromatic rings. The van der Waals surface area contributed by atoms with Crippen molar-refractivity contribution in [2.45, 2.75) is 24.5 Å². The molecule has 5 heteroatoms. The summed E-state index contributed by atoms with van der Waals surface area (Å²) in [7, 11) is -3.43. The molecule has 0 aliphatic carbocycles. The monoisotopic (exact) mass is 391 g/mol. The Labute approximate surface area is 164 Å². The first-order valence-electron chi connectivity index (χ1n) is 9.64. The SMILES string of the molecule is O=[P@]1(c2ccccc2O)OC(c2ccccc2)(c2ccccc2)[C@@H]2CCCN21. The highest BCUT2D eigenvalue weighted by Crippen LogP contribution is 2.69. The molecule has 28 heavy (non-hydrogen) atoms. The lowest BCUT2D eigenvalue weighted by Crippen LogP contribution is -2.40. The van der Waals surface area contributed by atoms with Crippen LogP contribution in [-0.2, 0) is 14.7 Å². The van der Waals surface area contributed by atoms with Gasteiger partial charge in [-0.25, -0.2) is 4.67 Å². The Kier molecular flexibility index (Phi) is 4.17. The Hall–Kier alpha value is -2.39. The average molecular weight is 391 g/mol. The smallest absolute Gasteiger partial charge is 0.307 e. The fraction of sp³-hybridized carbons (Fsp3) is 0.217. The second-order valence-electron chi connectivity index (χ2n) is 7.39. The predicted molar refractivity (Wildman–Crippen MR) is 110 cm³/mol. The van der Waals surface area contributed by atoms with Crippen LogP contribution in [0.4, 0.5) is 0 Å². The van der Waals surface area contributed by atoms with Gasteiger partial charge >= 0.3 is 7.52 Å². The zero-order chi connectivity index (χ0) is 19.2. The maximum atomic E-state index is 14.4. The first-order valence-corrected chi connectivity index (χ1v) is 11.2. The minimum atomic E-state index is -3.43. The molecule has 0 aromatic heterocycles. The van der Waals surface area contributed by atoms with Crippen LogP contribution in [0.3, 0.4) is 0 Å². The van der Waals surface area contributed by atoms with Crippen molar-refractivity contribution >= 4 is 12.8 Å². The van der Waals surface area contributed by atoms with Crippen LogP contribution >= 0.6 is 7.52 Å². The summed E-state index contributed by atoms with van der Waals surface area (Å²) in [4.78, 5) is 0. The molecule has 0 unspecified atom stereocenters. The topological polar surface area (TPSA) is 49.8 Å². The van der Waals surface area contributed by atoms with Gasteiger partial charge in [0.05, 0.1) is 11.3 Å². The Bertz CT molecular complexity index is 998. The molecule has 0 spiro atoms. The van der Waals surface area contributed by atoms with Gasteiger partial charge in [0.2, 0.25) is 0 Å². The van der Waals surface area contributed by atoms with Crippen molar-refractivity contribution in [3.63, 3.8) is 0 Å². The molecule has 4 nitrogen and oxygen atoms in total. The lowest BCUT2D eigenvalue weighted by Gasteiger charge is -2.34. The minimum Gasteiger partial charge on any atom is -0.507 e. The largest absolute Gasteiger partial charge is 0.507 e. The molecule has 0 saturated carbocycles. The third-order valence-electron chi connectivity index (χ3n) is 5.89. The quantitative estimate of drug-likeness (QED) is 0.661. The van der Waals surface area contributed by atoms with E-state index < -0.39 is 13.1 Å². The summed E-state index contributed by atoms with van der Waals surface area (Å²) in [6, 6.07) is 26.9. The number of para-hydroxylation sites is 1. The van der Waals surface area contributed by atoms with Gasteiger partial charge in [-0.15, -0.1) is 0 Å². The van der Waals surface area contributed by atoms with Crippen molar-refractivity contribution in [2.75, 3.05) is 6.54 Å². The van der Waals surface area contributed by atoms with Crippen LogP contribution < -0.4 is 5.30 Å². The first kappa shape index (κ1) is 17.7. The highest BCUT2D eigenvalue weighted by Gasteiger charge is 2.63. The van der Waals surface area contributed by atoms with Gasteiger partial charge in [-0.1, -0.05) is 72.8 Å². The lowest BCUT2D eigenvalue weighted by molar-refractivity contribution is 0.109. The predicted octanol–water partition coefficient (Wildman–Crippen LogP) is 4.65. The van der Waals surface area contributed by atoms with Crippen molar-refractivity contribution in [1.29, 1.82) is 0 Å². The van der Waals surface area contributed by atoms with Gasteiger partial charge in [-0.2, -0.15) is 0 Å². The van der Waals surface area contributed by atoms with Crippen molar-refractivity contribution in [3.05, 3.63) is 96.1 Å². The molecule has 2 saturated heterocycles. The van der Waals surface area contributed by atoms with E-state index in [0.717, 1.165) is 24.0 Å². The molecule has 0 bridgehead atoms. The van der Waals surface area contributed by atoms with E-state index in [4.69, 9.17) is 4.52 Å². The normalized spacial score (nSPS) is 26.2. The number of hydrogen-bond donors (Lipinski definition) is 1. The van der Waals surface area contributed by atoms with Gasteiger partial charge in [0.15, 0.2) is 0 Å². The molecule has 2 aliphatic heterocycles. The van der Waals surface area contributed by atoms with Gasteiger partial charge in [0, 0.05) is 6.54 Å². The third kappa shape index (κ3) is 2.42. The Morgan fingerprint density at radius 2 is 1.46 bits per heavy atom. The Balaban J connectivity index is 1.77. The molecule has 2 heterocycles. The Morgan fingerprint density at radius 1 is 0.893 bits per heavy atom. The van der Waals surface area contributed by atoms with E-state index >= 15 is 0 Å². The van der Waals surface area contributed by atoms with E-state index in [1.807, 2.05) is 65.3 Å². The molecule has 2 atom stereocenters. The van der Waals surface area contributed by atoms with Gasteiger partial charge in [-0.05, 0) is 36.1 Å². The molecule has 2 aliphatic rings. The number of nitrogens with zero attached hydrogens (tertiary/aromatic N) is 1. The van der Waals surface area contributed by atoms with Crippen LogP contribution in [0.5, 0.6) is 5.75 Å². The zero-order valence-electron chi connectivity index (χ0n) is 15.4. The molecule has 2 fully saturated rings. The van der Waals surface area contributed by atoms with Crippen LogP contribution in [0, 0.1) is 0 Å². The van der Waals surface area contributed by atoms with E-state index in [2.05, 4.69) is 0 Å². The minimum absolute atomic E-state index is 0.0217. The van der Waals surface area contributed by atoms with Gasteiger partial charge in [0.1, 0.15) is 11.4 Å². The second-order valence-corrected chi connectivity index (χ2v) is 9.61. The highest BCUT2D eigenvalue weighted by atomic mass is 31.2. The number of benzene rings is 3. The summed E-state index contributed by atoms with van der Waals surface area (Å²) in [5.41, 5.74) is 1.15. The number of hydrogen-bond acceptors (Lipinski definition) is 3. The molecule has 5 rings (SSSR count). The standard InChI is InChI=1S/C23H22NO3P/c25-20-14-7-8-15-21(20)28(26)24-17-9-16-22(24)23(27-28,18-10-3-1-4-11-18)19-12-5-2-6-13-19/h1-8,10-15,22,25H,9,16-17H2/t22-,28+/m0/s1. The van der Waals surface area contributed by atoms with E-state index in [1.165, 1.54) is 0 Å². The number of rotatable bonds is 3. The highest BCUT2D eigenvalue weighted by molar-refractivity contribution is 7.65. The summed E-state index contributed by atoms with van der Waals surface area (Å²) >= 11 is 0. The van der Waals surface area contributed by atoms with E-state index in [-0.39, 0.29) is 11.8 Å². The lowest BCUT2D eigenvalue weighted by atomic mass is 9.79. The van der Waals surface area contributed by atoms with E-state index in [9.17, 15) is 9.67 Å². The average Bonchev–Trinajstić information content (AvgIpc) is 3.33. The van der Waals surface area contributed by atoms with Crippen molar-refractivity contribution in [2.24, 2.45) is 0 Å². The number of aromatic hydroxyl groups is 1.